The van der Waals surface area contributed by atoms with E-state index in [1.165, 1.54) is 0 Å². The van der Waals surface area contributed by atoms with Gasteiger partial charge in [0.05, 0.1) is 24.3 Å². The average molecular weight is 751 g/mol. The first-order valence-electron chi connectivity index (χ1n) is 20.5. The molecule has 0 aliphatic carbocycles. The first kappa shape index (κ1) is 43.5. The van der Waals surface area contributed by atoms with Crippen LogP contribution in [0.4, 0.5) is 0 Å². The van der Waals surface area contributed by atoms with Crippen LogP contribution in [0.5, 0.6) is 0 Å². The van der Waals surface area contributed by atoms with Crippen LogP contribution in [-0.4, -0.2) is 80.0 Å². The third-order valence-corrected chi connectivity index (χ3v) is 11.2. The number of unbranched alkanes of at least 4 members (excludes halogenated alkanes) is 5. The number of allylic oxidation sites excluding steroid dienone is 4. The summed E-state index contributed by atoms with van der Waals surface area (Å²) >= 11 is 0. The van der Waals surface area contributed by atoms with Gasteiger partial charge >= 0.3 is 11.9 Å². The van der Waals surface area contributed by atoms with E-state index in [0.29, 0.717) is 38.5 Å². The summed E-state index contributed by atoms with van der Waals surface area (Å²) in [6.07, 6.45) is 26.4. The van der Waals surface area contributed by atoms with Crippen LogP contribution < -0.4 is 10.6 Å². The van der Waals surface area contributed by atoms with Gasteiger partial charge < -0.3 is 29.9 Å². The van der Waals surface area contributed by atoms with Crippen LogP contribution in [0, 0.1) is 0 Å². The number of hydrogen-bond acceptors (Lipinski definition) is 8. The monoisotopic (exact) mass is 751 g/mol. The van der Waals surface area contributed by atoms with Crippen molar-refractivity contribution in [2.24, 2.45) is 0 Å². The lowest BCUT2D eigenvalue weighted by molar-refractivity contribution is -0.148. The Hall–Kier alpha value is -3.24. The Morgan fingerprint density at radius 1 is 0.556 bits per heavy atom. The Morgan fingerprint density at radius 3 is 1.24 bits per heavy atom. The molecule has 2 saturated heterocycles. The molecule has 54 heavy (non-hydrogen) atoms. The predicted molar refractivity (Wildman–Crippen MR) is 214 cm³/mol. The SMILES string of the molecule is CC1(C)CC(CCOC(=O)CCCCCCCCC(=O)OCCC2(N3C=CC=CCC3=O)CC(C)(C)NC(C)(C)C2)(N2C=CC=CCC2=O)CC(C)(C)N1. The number of piperidine rings is 2. The molecule has 0 unspecified atom stereocenters. The minimum Gasteiger partial charge on any atom is -0.466 e. The Morgan fingerprint density at radius 2 is 0.889 bits per heavy atom. The van der Waals surface area contributed by atoms with Crippen LogP contribution >= 0.6 is 0 Å². The van der Waals surface area contributed by atoms with Gasteiger partial charge in [-0.1, -0.05) is 50.0 Å². The molecule has 4 aliphatic heterocycles. The van der Waals surface area contributed by atoms with Crippen LogP contribution in [0.15, 0.2) is 48.9 Å². The van der Waals surface area contributed by atoms with Crippen LogP contribution in [-0.2, 0) is 28.7 Å². The molecular formula is C44H70N4O6. The minimum absolute atomic E-state index is 0.0731. The van der Waals surface area contributed by atoms with E-state index >= 15 is 0 Å². The molecule has 4 aliphatic rings. The fourth-order valence-electron chi connectivity index (χ4n) is 10.4. The molecule has 4 heterocycles. The zero-order chi connectivity index (χ0) is 39.7. The molecular weight excluding hydrogens is 681 g/mol. The van der Waals surface area contributed by atoms with Crippen molar-refractivity contribution in [1.82, 2.24) is 20.4 Å². The summed E-state index contributed by atoms with van der Waals surface area (Å²) < 4.78 is 11.5. The number of hydrogen-bond donors (Lipinski definition) is 2. The highest BCUT2D eigenvalue weighted by Crippen LogP contribution is 2.44. The maximum Gasteiger partial charge on any atom is 0.305 e. The topological polar surface area (TPSA) is 117 Å². The van der Waals surface area contributed by atoms with Gasteiger partial charge in [0.1, 0.15) is 0 Å². The molecule has 10 nitrogen and oxygen atoms in total. The number of nitrogens with zero attached hydrogens (tertiary/aromatic N) is 2. The van der Waals surface area contributed by atoms with Gasteiger partial charge in [-0.05, 0) is 106 Å². The molecule has 0 radical (unpaired) electrons. The molecule has 2 fully saturated rings. The van der Waals surface area contributed by atoms with Crippen molar-refractivity contribution in [2.75, 3.05) is 13.2 Å². The normalized spacial score (nSPS) is 23.5. The summed E-state index contributed by atoms with van der Waals surface area (Å²) in [7, 11) is 0. The standard InChI is InChI=1S/C44H70N4O6/c1-39(2)31-43(32-40(3,4)45-39,47-27-19-13-15-21-35(47)49)25-29-53-37(51)23-17-11-9-10-12-18-24-38(52)54-30-26-44(48-28-20-14-16-22-36(48)50)33-41(5,6)46-42(7,8)34-44/h13-16,19-20,27-28,45-46H,9-12,17-18,21-26,29-34H2,1-8H3. The highest BCUT2D eigenvalue weighted by molar-refractivity contribution is 5.81. The van der Waals surface area contributed by atoms with Crippen LogP contribution in [0.1, 0.15) is 158 Å². The highest BCUT2D eigenvalue weighted by atomic mass is 16.5. The Bertz CT molecular complexity index is 1310. The first-order valence-corrected chi connectivity index (χ1v) is 20.5. The number of nitrogens with one attached hydrogen (secondary N) is 2. The third-order valence-electron chi connectivity index (χ3n) is 11.2. The predicted octanol–water partition coefficient (Wildman–Crippen LogP) is 7.94. The fourth-order valence-corrected chi connectivity index (χ4v) is 10.4. The molecule has 302 valence electrons. The molecule has 0 bridgehead atoms. The van der Waals surface area contributed by atoms with Gasteiger partial charge in [-0.15, -0.1) is 0 Å². The number of carbonyl (C=O) groups is 4. The van der Waals surface area contributed by atoms with E-state index in [9.17, 15) is 19.2 Å². The van der Waals surface area contributed by atoms with Crippen molar-refractivity contribution >= 4 is 23.8 Å². The average Bonchev–Trinajstić information content (AvgIpc) is 3.39. The molecule has 0 atom stereocenters. The Kier molecular flexibility index (Phi) is 14.6. The second kappa shape index (κ2) is 18.1. The van der Waals surface area contributed by atoms with E-state index < -0.39 is 11.1 Å². The lowest BCUT2D eigenvalue weighted by Crippen LogP contribution is -2.68. The van der Waals surface area contributed by atoms with E-state index in [4.69, 9.17) is 9.47 Å². The lowest BCUT2D eigenvalue weighted by atomic mass is 9.68. The van der Waals surface area contributed by atoms with Gasteiger partial charge in [-0.3, -0.25) is 19.2 Å². The maximum absolute atomic E-state index is 13.2. The molecule has 2 amide bonds. The number of rotatable bonds is 17. The summed E-state index contributed by atoms with van der Waals surface area (Å²) in [6.45, 7) is 18.0. The van der Waals surface area contributed by atoms with Crippen molar-refractivity contribution < 1.29 is 28.7 Å². The van der Waals surface area contributed by atoms with Crippen molar-refractivity contribution in [3.8, 4) is 0 Å². The van der Waals surface area contributed by atoms with E-state index in [0.717, 1.165) is 64.2 Å². The quantitative estimate of drug-likeness (QED) is 0.114. The fraction of sp³-hybridized carbons (Fsp3) is 0.727. The molecule has 2 N–H and O–H groups in total. The van der Waals surface area contributed by atoms with Crippen LogP contribution in [0.25, 0.3) is 0 Å². The Labute approximate surface area is 325 Å². The minimum atomic E-state index is -0.448. The van der Waals surface area contributed by atoms with Crippen LogP contribution in [0.3, 0.4) is 0 Å². The van der Waals surface area contributed by atoms with Crippen molar-refractivity contribution in [3.05, 3.63) is 48.9 Å². The van der Waals surface area contributed by atoms with E-state index in [1.54, 1.807) is 0 Å². The van der Waals surface area contributed by atoms with Crippen molar-refractivity contribution in [3.63, 3.8) is 0 Å². The molecule has 0 aromatic rings. The van der Waals surface area contributed by atoms with Gasteiger partial charge in [0, 0.05) is 73.1 Å². The van der Waals surface area contributed by atoms with Gasteiger partial charge in [0.15, 0.2) is 0 Å². The van der Waals surface area contributed by atoms with E-state index in [1.807, 2.05) is 58.7 Å². The summed E-state index contributed by atoms with van der Waals surface area (Å²) in [5, 5.41) is 7.45. The molecule has 10 heteroatoms. The number of ether oxygens (including phenoxy) is 2. The molecule has 0 spiro atoms. The molecule has 0 saturated carbocycles. The summed E-state index contributed by atoms with van der Waals surface area (Å²) in [5.41, 5.74) is -1.63. The summed E-state index contributed by atoms with van der Waals surface area (Å²) in [5.74, 6) is -0.232. The van der Waals surface area contributed by atoms with E-state index in [2.05, 4.69) is 66.0 Å². The van der Waals surface area contributed by atoms with Crippen molar-refractivity contribution in [1.29, 1.82) is 0 Å². The first-order chi connectivity index (χ1) is 25.3. The largest absolute Gasteiger partial charge is 0.466 e. The number of carbonyl (C=O) groups excluding carboxylic acids is 4. The van der Waals surface area contributed by atoms with Crippen molar-refractivity contribution in [2.45, 2.75) is 191 Å². The van der Waals surface area contributed by atoms with Gasteiger partial charge in [0.2, 0.25) is 11.8 Å². The van der Waals surface area contributed by atoms with Gasteiger partial charge in [0.25, 0.3) is 0 Å². The summed E-state index contributed by atoms with van der Waals surface area (Å²) in [6, 6.07) is 0. The highest BCUT2D eigenvalue weighted by Gasteiger charge is 2.52. The zero-order valence-electron chi connectivity index (χ0n) is 34.7. The second-order valence-electron chi connectivity index (χ2n) is 19.0. The number of esters is 2. The molecule has 4 rings (SSSR count). The zero-order valence-corrected chi connectivity index (χ0v) is 34.7. The lowest BCUT2D eigenvalue weighted by Gasteiger charge is -2.56. The number of amides is 2. The smallest absolute Gasteiger partial charge is 0.305 e. The second-order valence-corrected chi connectivity index (χ2v) is 19.0. The van der Waals surface area contributed by atoms with Crippen LogP contribution in [0.2, 0.25) is 0 Å². The maximum atomic E-state index is 13.2. The molecule has 0 aromatic heterocycles. The van der Waals surface area contributed by atoms with Gasteiger partial charge in [-0.25, -0.2) is 0 Å². The molecule has 0 aromatic carbocycles. The summed E-state index contributed by atoms with van der Waals surface area (Å²) in [4.78, 5) is 55.7. The van der Waals surface area contributed by atoms with Gasteiger partial charge in [-0.2, -0.15) is 0 Å². The van der Waals surface area contributed by atoms with E-state index in [-0.39, 0.29) is 59.1 Å². The Balaban J connectivity index is 1.13. The third kappa shape index (κ3) is 12.7.